The summed E-state index contributed by atoms with van der Waals surface area (Å²) in [5.74, 6) is 0.0768. The molecule has 0 bridgehead atoms. The summed E-state index contributed by atoms with van der Waals surface area (Å²) < 4.78 is 13.4. The molecule has 0 aliphatic heterocycles. The fourth-order valence-electron chi connectivity index (χ4n) is 2.03. The minimum atomic E-state index is -0.851. The Hall–Kier alpha value is -0.670. The summed E-state index contributed by atoms with van der Waals surface area (Å²) in [5.41, 5.74) is 2.15. The highest BCUT2D eigenvalue weighted by molar-refractivity contribution is 6.65. The van der Waals surface area contributed by atoms with E-state index in [2.05, 4.69) is 11.1 Å². The zero-order valence-electron chi connectivity index (χ0n) is 14.3. The quantitative estimate of drug-likeness (QED) is 0.295. The Labute approximate surface area is 144 Å². The van der Waals surface area contributed by atoms with Gasteiger partial charge >= 0.3 is 0 Å². The summed E-state index contributed by atoms with van der Waals surface area (Å²) in [6, 6.07) is 0. The SMILES string of the molecule is CC/C(=C/C(C)C(C)C(C)F)C/C(C(C)=N)=C(\Cl)N=C(C)Cl. The monoisotopic (exact) mass is 348 g/mol. The van der Waals surface area contributed by atoms with Crippen molar-refractivity contribution in [1.82, 2.24) is 0 Å². The lowest BCUT2D eigenvalue weighted by Gasteiger charge is -2.20. The van der Waals surface area contributed by atoms with Crippen molar-refractivity contribution < 1.29 is 4.39 Å². The second-order valence-corrected chi connectivity index (χ2v) is 6.66. The minimum Gasteiger partial charge on any atom is -0.305 e. The maximum Gasteiger partial charge on any atom is 0.135 e. The molecule has 22 heavy (non-hydrogen) atoms. The molecule has 0 rings (SSSR count). The largest absolute Gasteiger partial charge is 0.305 e. The average molecular weight is 349 g/mol. The van der Waals surface area contributed by atoms with Crippen molar-refractivity contribution in [2.75, 3.05) is 0 Å². The van der Waals surface area contributed by atoms with E-state index in [0.29, 0.717) is 22.9 Å². The zero-order chi connectivity index (χ0) is 17.4. The molecule has 0 aliphatic rings. The Morgan fingerprint density at radius 2 is 1.77 bits per heavy atom. The van der Waals surface area contributed by atoms with Gasteiger partial charge in [-0.05, 0) is 45.4 Å². The number of allylic oxidation sites excluding steroid dienone is 3. The van der Waals surface area contributed by atoms with Gasteiger partial charge in [0.2, 0.25) is 0 Å². The highest BCUT2D eigenvalue weighted by Gasteiger charge is 2.18. The number of alkyl halides is 1. The van der Waals surface area contributed by atoms with Crippen molar-refractivity contribution in [3.63, 3.8) is 0 Å². The van der Waals surface area contributed by atoms with Crippen LogP contribution in [0.25, 0.3) is 0 Å². The molecule has 0 saturated heterocycles. The number of hydrogen-bond donors (Lipinski definition) is 1. The van der Waals surface area contributed by atoms with Gasteiger partial charge in [-0.1, -0.05) is 55.6 Å². The summed E-state index contributed by atoms with van der Waals surface area (Å²) >= 11 is 11.9. The second kappa shape index (κ2) is 10.2. The van der Waals surface area contributed by atoms with Gasteiger partial charge < -0.3 is 5.41 Å². The van der Waals surface area contributed by atoms with Crippen molar-refractivity contribution >= 4 is 34.1 Å². The third-order valence-electron chi connectivity index (χ3n) is 3.86. The van der Waals surface area contributed by atoms with Crippen LogP contribution in [-0.4, -0.2) is 17.1 Å². The van der Waals surface area contributed by atoms with Crippen LogP contribution in [-0.2, 0) is 0 Å². The van der Waals surface area contributed by atoms with Crippen LogP contribution in [0, 0.1) is 17.2 Å². The van der Waals surface area contributed by atoms with E-state index >= 15 is 0 Å². The molecule has 0 heterocycles. The van der Waals surface area contributed by atoms with Crippen LogP contribution in [0.2, 0.25) is 0 Å². The molecular weight excluding hydrogens is 322 g/mol. The maximum absolute atomic E-state index is 13.4. The lowest BCUT2D eigenvalue weighted by Crippen LogP contribution is -2.16. The van der Waals surface area contributed by atoms with Gasteiger partial charge in [0.05, 0.1) is 0 Å². The summed E-state index contributed by atoms with van der Waals surface area (Å²) in [7, 11) is 0. The first-order chi connectivity index (χ1) is 10.1. The van der Waals surface area contributed by atoms with E-state index < -0.39 is 6.17 Å². The average Bonchev–Trinajstić information content (AvgIpc) is 2.40. The van der Waals surface area contributed by atoms with Crippen LogP contribution in [0.1, 0.15) is 54.4 Å². The van der Waals surface area contributed by atoms with Gasteiger partial charge in [0, 0.05) is 11.3 Å². The van der Waals surface area contributed by atoms with Crippen LogP contribution in [0.15, 0.2) is 27.4 Å². The van der Waals surface area contributed by atoms with Gasteiger partial charge in [-0.25, -0.2) is 9.38 Å². The number of halogens is 3. The molecule has 0 spiro atoms. The molecule has 0 fully saturated rings. The van der Waals surface area contributed by atoms with Crippen LogP contribution < -0.4 is 0 Å². The molecular formula is C17H27Cl2FN2. The van der Waals surface area contributed by atoms with Crippen LogP contribution in [0.3, 0.4) is 0 Å². The van der Waals surface area contributed by atoms with E-state index in [4.69, 9.17) is 28.6 Å². The van der Waals surface area contributed by atoms with Crippen LogP contribution in [0.4, 0.5) is 4.39 Å². The topological polar surface area (TPSA) is 36.2 Å². The minimum absolute atomic E-state index is 0.0476. The van der Waals surface area contributed by atoms with Crippen molar-refractivity contribution in [3.8, 4) is 0 Å². The number of rotatable bonds is 8. The first-order valence-electron chi connectivity index (χ1n) is 7.58. The number of nitrogens with zero attached hydrogens (tertiary/aromatic N) is 1. The predicted octanol–water partition coefficient (Wildman–Crippen LogP) is 6.49. The summed E-state index contributed by atoms with van der Waals surface area (Å²) in [5, 5.41) is 8.47. The van der Waals surface area contributed by atoms with E-state index in [-0.39, 0.29) is 17.0 Å². The number of aliphatic imine (C=N–C) groups is 1. The Balaban J connectivity index is 5.42. The fraction of sp³-hybridized carbons (Fsp3) is 0.647. The standard InChI is InChI=1S/C17H27Cl2FN2/c1-7-15(8-10(2)11(3)12(4)20)9-16(13(5)21)17(19)22-14(6)18/h8,10-12,21H,7,9H2,1-6H3/b15-8-,17-16-,21-13?,22-14?. The van der Waals surface area contributed by atoms with Crippen molar-refractivity contribution in [1.29, 1.82) is 5.41 Å². The summed E-state index contributed by atoms with van der Waals surface area (Å²) in [6.07, 6.45) is 2.60. The first kappa shape index (κ1) is 21.3. The third kappa shape index (κ3) is 7.55. The Morgan fingerprint density at radius 1 is 1.23 bits per heavy atom. The molecule has 5 heteroatoms. The van der Waals surface area contributed by atoms with Crippen LogP contribution >= 0.6 is 23.2 Å². The lowest BCUT2D eigenvalue weighted by atomic mass is 9.88. The highest BCUT2D eigenvalue weighted by atomic mass is 35.5. The molecule has 0 aromatic heterocycles. The van der Waals surface area contributed by atoms with Gasteiger partial charge in [-0.3, -0.25) is 0 Å². The van der Waals surface area contributed by atoms with E-state index in [1.54, 1.807) is 20.8 Å². The highest BCUT2D eigenvalue weighted by Crippen LogP contribution is 2.26. The maximum atomic E-state index is 13.4. The lowest BCUT2D eigenvalue weighted by molar-refractivity contribution is 0.227. The summed E-state index contributed by atoms with van der Waals surface area (Å²) in [6.45, 7) is 10.9. The molecule has 0 aliphatic carbocycles. The first-order valence-corrected chi connectivity index (χ1v) is 8.34. The molecule has 3 unspecified atom stereocenters. The molecule has 3 atom stereocenters. The molecule has 0 amide bonds. The summed E-state index contributed by atoms with van der Waals surface area (Å²) in [4.78, 5) is 4.03. The van der Waals surface area contributed by atoms with Crippen molar-refractivity contribution in [3.05, 3.63) is 22.4 Å². The molecule has 0 saturated carbocycles. The molecule has 1 N–H and O–H groups in total. The van der Waals surface area contributed by atoms with E-state index in [9.17, 15) is 4.39 Å². The van der Waals surface area contributed by atoms with E-state index in [1.807, 2.05) is 20.8 Å². The van der Waals surface area contributed by atoms with Gasteiger partial charge in [0.15, 0.2) is 0 Å². The molecule has 0 aromatic carbocycles. The fourth-order valence-corrected chi connectivity index (χ4v) is 2.50. The smallest absolute Gasteiger partial charge is 0.135 e. The van der Waals surface area contributed by atoms with Gasteiger partial charge in [-0.2, -0.15) is 0 Å². The molecule has 0 aromatic rings. The third-order valence-corrected chi connectivity index (χ3v) is 4.26. The number of hydrogen-bond acceptors (Lipinski definition) is 2. The van der Waals surface area contributed by atoms with Crippen molar-refractivity contribution in [2.24, 2.45) is 16.8 Å². The Bertz CT molecular complexity index is 475. The van der Waals surface area contributed by atoms with Gasteiger partial charge in [0.25, 0.3) is 0 Å². The Kier molecular flexibility index (Phi) is 9.86. The predicted molar refractivity (Wildman–Crippen MR) is 97.1 cm³/mol. The molecule has 2 nitrogen and oxygen atoms in total. The van der Waals surface area contributed by atoms with E-state index in [1.165, 1.54) is 0 Å². The van der Waals surface area contributed by atoms with Gasteiger partial charge in [0.1, 0.15) is 16.5 Å². The number of nitrogens with one attached hydrogen (secondary N) is 1. The zero-order valence-corrected chi connectivity index (χ0v) is 15.8. The normalized spacial score (nSPS) is 18.6. The molecule has 126 valence electrons. The van der Waals surface area contributed by atoms with Gasteiger partial charge in [-0.15, -0.1) is 0 Å². The van der Waals surface area contributed by atoms with Crippen LogP contribution in [0.5, 0.6) is 0 Å². The Morgan fingerprint density at radius 3 is 2.14 bits per heavy atom. The van der Waals surface area contributed by atoms with Crippen molar-refractivity contribution in [2.45, 2.75) is 60.6 Å². The van der Waals surface area contributed by atoms with E-state index in [0.717, 1.165) is 12.0 Å². The molecule has 0 radical (unpaired) electrons. The second-order valence-electron chi connectivity index (χ2n) is 5.75.